The molecule has 0 spiro atoms. The minimum atomic E-state index is -0.0875. The highest BCUT2D eigenvalue weighted by Gasteiger charge is 2.17. The summed E-state index contributed by atoms with van der Waals surface area (Å²) in [6, 6.07) is 7.44. The lowest BCUT2D eigenvalue weighted by Crippen LogP contribution is -2.40. The molecule has 1 aliphatic rings. The average Bonchev–Trinajstić information content (AvgIpc) is 2.89. The Morgan fingerprint density at radius 3 is 3.11 bits per heavy atom. The number of urea groups is 1. The van der Waals surface area contributed by atoms with Crippen molar-refractivity contribution < 1.29 is 9.53 Å². The van der Waals surface area contributed by atoms with E-state index in [0.29, 0.717) is 18.1 Å². The number of benzene rings is 1. The fourth-order valence-electron chi connectivity index (χ4n) is 2.12. The van der Waals surface area contributed by atoms with Gasteiger partial charge in [0.25, 0.3) is 0 Å². The van der Waals surface area contributed by atoms with Crippen LogP contribution in [0.4, 0.5) is 4.79 Å². The zero-order chi connectivity index (χ0) is 13.7. The van der Waals surface area contributed by atoms with Crippen molar-refractivity contribution in [3.63, 3.8) is 0 Å². The lowest BCUT2D eigenvalue weighted by molar-refractivity contribution is 0.109. The summed E-state index contributed by atoms with van der Waals surface area (Å²) in [4.78, 5) is 13.6. The molecule has 19 heavy (non-hydrogen) atoms. The van der Waals surface area contributed by atoms with E-state index in [1.807, 2.05) is 24.3 Å². The number of nitrogens with one attached hydrogen (secondary N) is 1. The van der Waals surface area contributed by atoms with Crippen LogP contribution >= 0.6 is 11.6 Å². The quantitative estimate of drug-likeness (QED) is 0.922. The van der Waals surface area contributed by atoms with Gasteiger partial charge in [0.2, 0.25) is 0 Å². The first kappa shape index (κ1) is 14.2. The molecule has 4 nitrogen and oxygen atoms in total. The predicted molar refractivity (Wildman–Crippen MR) is 75.3 cm³/mol. The topological polar surface area (TPSA) is 41.6 Å². The smallest absolute Gasteiger partial charge is 0.317 e. The van der Waals surface area contributed by atoms with Gasteiger partial charge in [0.1, 0.15) is 0 Å². The fourth-order valence-corrected chi connectivity index (χ4v) is 2.34. The first-order valence-electron chi connectivity index (χ1n) is 6.50. The summed E-state index contributed by atoms with van der Waals surface area (Å²) in [7, 11) is 1.77. The number of hydrogen-bond donors (Lipinski definition) is 1. The molecule has 1 saturated heterocycles. The minimum Gasteiger partial charge on any atom is -0.376 e. The zero-order valence-electron chi connectivity index (χ0n) is 11.1. The van der Waals surface area contributed by atoms with Crippen LogP contribution in [0.5, 0.6) is 0 Å². The lowest BCUT2D eigenvalue weighted by atomic mass is 10.2. The molecule has 1 atom stereocenters. The summed E-state index contributed by atoms with van der Waals surface area (Å²) >= 11 is 5.92. The van der Waals surface area contributed by atoms with Gasteiger partial charge in [-0.05, 0) is 30.5 Å². The van der Waals surface area contributed by atoms with Gasteiger partial charge in [-0.3, -0.25) is 0 Å². The largest absolute Gasteiger partial charge is 0.376 e. The van der Waals surface area contributed by atoms with Crippen LogP contribution in [0.2, 0.25) is 5.02 Å². The van der Waals surface area contributed by atoms with E-state index < -0.39 is 0 Å². The normalized spacial score (nSPS) is 18.3. The Labute approximate surface area is 118 Å². The Morgan fingerprint density at radius 1 is 1.58 bits per heavy atom. The fraction of sp³-hybridized carbons (Fsp3) is 0.500. The molecule has 1 N–H and O–H groups in total. The summed E-state index contributed by atoms with van der Waals surface area (Å²) in [6.07, 6.45) is 2.28. The Hall–Kier alpha value is -1.26. The van der Waals surface area contributed by atoms with E-state index in [9.17, 15) is 4.79 Å². The van der Waals surface area contributed by atoms with Gasteiger partial charge in [-0.1, -0.05) is 23.7 Å². The van der Waals surface area contributed by atoms with E-state index in [-0.39, 0.29) is 12.1 Å². The third-order valence-corrected chi connectivity index (χ3v) is 3.40. The van der Waals surface area contributed by atoms with Gasteiger partial charge in [-0.25, -0.2) is 4.79 Å². The zero-order valence-corrected chi connectivity index (χ0v) is 11.8. The molecule has 2 rings (SSSR count). The maximum atomic E-state index is 11.9. The molecule has 104 valence electrons. The molecule has 1 aromatic carbocycles. The molecule has 1 unspecified atom stereocenters. The van der Waals surface area contributed by atoms with E-state index in [4.69, 9.17) is 16.3 Å². The van der Waals surface area contributed by atoms with E-state index in [0.717, 1.165) is 25.0 Å². The second-order valence-electron chi connectivity index (χ2n) is 4.81. The van der Waals surface area contributed by atoms with Crippen LogP contribution in [0.25, 0.3) is 0 Å². The van der Waals surface area contributed by atoms with Crippen LogP contribution < -0.4 is 5.32 Å². The van der Waals surface area contributed by atoms with Crippen LogP contribution in [0, 0.1) is 0 Å². The standard InChI is InChI=1S/C14H19ClN2O2/c1-17(10-11-4-2-5-12(15)8-11)14(18)16-9-13-6-3-7-19-13/h2,4-5,8,13H,3,6-7,9-10H2,1H3,(H,16,18). The molecule has 0 saturated carbocycles. The molecule has 1 aliphatic heterocycles. The van der Waals surface area contributed by atoms with E-state index >= 15 is 0 Å². The van der Waals surface area contributed by atoms with Crippen molar-refractivity contribution in [3.05, 3.63) is 34.9 Å². The highest BCUT2D eigenvalue weighted by Crippen LogP contribution is 2.13. The highest BCUT2D eigenvalue weighted by molar-refractivity contribution is 6.30. The van der Waals surface area contributed by atoms with Crippen LogP contribution in [0.3, 0.4) is 0 Å². The van der Waals surface area contributed by atoms with Crippen molar-refractivity contribution in [2.24, 2.45) is 0 Å². The second-order valence-corrected chi connectivity index (χ2v) is 5.24. The SMILES string of the molecule is CN(Cc1cccc(Cl)c1)C(=O)NCC1CCCO1. The summed E-state index contributed by atoms with van der Waals surface area (Å²) < 4.78 is 5.47. The van der Waals surface area contributed by atoms with Gasteiger partial charge >= 0.3 is 6.03 Å². The molecule has 0 aromatic heterocycles. The third kappa shape index (κ3) is 4.40. The molecule has 2 amide bonds. The minimum absolute atomic E-state index is 0.0875. The second kappa shape index (κ2) is 6.78. The summed E-state index contributed by atoms with van der Waals surface area (Å²) in [5.41, 5.74) is 1.02. The molecule has 1 fully saturated rings. The monoisotopic (exact) mass is 282 g/mol. The van der Waals surface area contributed by atoms with Crippen molar-refractivity contribution in [3.8, 4) is 0 Å². The Kier molecular flexibility index (Phi) is 5.05. The van der Waals surface area contributed by atoms with Crippen LogP contribution in [-0.4, -0.2) is 37.2 Å². The summed E-state index contributed by atoms with van der Waals surface area (Å²) in [5, 5.41) is 3.57. The van der Waals surface area contributed by atoms with Crippen LogP contribution in [0.15, 0.2) is 24.3 Å². The molecular weight excluding hydrogens is 264 g/mol. The Balaban J connectivity index is 1.78. The van der Waals surface area contributed by atoms with E-state index in [1.54, 1.807) is 11.9 Å². The first-order chi connectivity index (χ1) is 9.15. The Morgan fingerprint density at radius 2 is 2.42 bits per heavy atom. The average molecular weight is 283 g/mol. The summed E-state index contributed by atoms with van der Waals surface area (Å²) in [6.45, 7) is 1.93. The van der Waals surface area contributed by atoms with Crippen molar-refractivity contribution in [1.29, 1.82) is 0 Å². The molecule has 0 radical (unpaired) electrons. The number of carbonyl (C=O) groups excluding carboxylic acids is 1. The summed E-state index contributed by atoms with van der Waals surface area (Å²) in [5.74, 6) is 0. The van der Waals surface area contributed by atoms with E-state index in [1.165, 1.54) is 0 Å². The molecule has 1 aromatic rings. The number of carbonyl (C=O) groups is 1. The van der Waals surface area contributed by atoms with Crippen LogP contribution in [-0.2, 0) is 11.3 Å². The van der Waals surface area contributed by atoms with Crippen molar-refractivity contribution in [2.45, 2.75) is 25.5 Å². The van der Waals surface area contributed by atoms with Gasteiger partial charge in [0, 0.05) is 31.8 Å². The van der Waals surface area contributed by atoms with Crippen LogP contribution in [0.1, 0.15) is 18.4 Å². The molecule has 0 bridgehead atoms. The molecular formula is C14H19ClN2O2. The third-order valence-electron chi connectivity index (χ3n) is 3.16. The van der Waals surface area contributed by atoms with E-state index in [2.05, 4.69) is 5.32 Å². The lowest BCUT2D eigenvalue weighted by Gasteiger charge is -2.19. The predicted octanol–water partition coefficient (Wildman–Crippen LogP) is 2.66. The number of hydrogen-bond acceptors (Lipinski definition) is 2. The van der Waals surface area contributed by atoms with Gasteiger partial charge in [-0.2, -0.15) is 0 Å². The molecule has 5 heteroatoms. The first-order valence-corrected chi connectivity index (χ1v) is 6.88. The molecule has 0 aliphatic carbocycles. The maximum Gasteiger partial charge on any atom is 0.317 e. The molecule has 1 heterocycles. The Bertz CT molecular complexity index is 433. The number of rotatable bonds is 4. The number of amides is 2. The maximum absolute atomic E-state index is 11.9. The van der Waals surface area contributed by atoms with Gasteiger partial charge in [0.05, 0.1) is 6.10 Å². The van der Waals surface area contributed by atoms with Crippen molar-refractivity contribution in [2.75, 3.05) is 20.2 Å². The number of ether oxygens (including phenoxy) is 1. The van der Waals surface area contributed by atoms with Crippen molar-refractivity contribution >= 4 is 17.6 Å². The van der Waals surface area contributed by atoms with Gasteiger partial charge in [-0.15, -0.1) is 0 Å². The highest BCUT2D eigenvalue weighted by atomic mass is 35.5. The van der Waals surface area contributed by atoms with Gasteiger partial charge in [0.15, 0.2) is 0 Å². The number of halogens is 1. The van der Waals surface area contributed by atoms with Crippen molar-refractivity contribution in [1.82, 2.24) is 10.2 Å². The van der Waals surface area contributed by atoms with Gasteiger partial charge < -0.3 is 15.0 Å². The number of nitrogens with zero attached hydrogens (tertiary/aromatic N) is 1.